The van der Waals surface area contributed by atoms with Crippen molar-refractivity contribution in [1.29, 1.82) is 0 Å². The molecule has 5 rings (SSSR count). The molecule has 3 heterocycles. The summed E-state index contributed by atoms with van der Waals surface area (Å²) in [6.07, 6.45) is 1.84. The summed E-state index contributed by atoms with van der Waals surface area (Å²) in [6.45, 7) is 10.1. The molecule has 2 aliphatic rings. The first-order valence-corrected chi connectivity index (χ1v) is 12.9. The molecule has 1 aromatic heterocycles. The van der Waals surface area contributed by atoms with Crippen LogP contribution in [-0.4, -0.2) is 80.1 Å². The Hall–Kier alpha value is -3.82. The van der Waals surface area contributed by atoms with Gasteiger partial charge in [-0.3, -0.25) is 9.69 Å². The number of nitrogens with one attached hydrogen (secondary N) is 2. The van der Waals surface area contributed by atoms with E-state index in [1.165, 1.54) is 0 Å². The number of anilines is 1. The highest BCUT2D eigenvalue weighted by Crippen LogP contribution is 2.38. The van der Waals surface area contributed by atoms with Crippen molar-refractivity contribution in [1.82, 2.24) is 19.7 Å². The summed E-state index contributed by atoms with van der Waals surface area (Å²) in [5.41, 5.74) is 4.92. The van der Waals surface area contributed by atoms with Crippen molar-refractivity contribution in [2.45, 2.75) is 20.4 Å². The number of allylic oxidation sites excluding steroid dienone is 1. The van der Waals surface area contributed by atoms with Crippen LogP contribution in [-0.2, 0) is 6.54 Å². The third-order valence-corrected chi connectivity index (χ3v) is 7.58. The van der Waals surface area contributed by atoms with E-state index in [0.29, 0.717) is 17.0 Å². The van der Waals surface area contributed by atoms with Gasteiger partial charge in [-0.1, -0.05) is 0 Å². The van der Waals surface area contributed by atoms with Crippen molar-refractivity contribution in [3.05, 3.63) is 58.5 Å². The molecular formula is C29H35N5O4. The molecule has 2 N–H and O–H groups in total. The van der Waals surface area contributed by atoms with Crippen LogP contribution >= 0.6 is 0 Å². The number of piperazine rings is 1. The molecule has 2 aliphatic heterocycles. The van der Waals surface area contributed by atoms with E-state index in [2.05, 4.69) is 45.0 Å². The second-order valence-electron chi connectivity index (χ2n) is 9.99. The molecule has 0 spiro atoms. The van der Waals surface area contributed by atoms with Gasteiger partial charge in [-0.15, -0.1) is 0 Å². The molecule has 200 valence electrons. The number of urea groups is 1. The number of amides is 2. The van der Waals surface area contributed by atoms with E-state index in [1.54, 1.807) is 26.3 Å². The number of ether oxygens (including phenoxy) is 2. The Bertz CT molecular complexity index is 1430. The fourth-order valence-electron chi connectivity index (χ4n) is 5.18. The van der Waals surface area contributed by atoms with Crippen molar-refractivity contribution in [2.75, 3.05) is 59.2 Å². The second-order valence-corrected chi connectivity index (χ2v) is 9.99. The average Bonchev–Trinajstić information content (AvgIpc) is 3.35. The molecule has 1 fully saturated rings. The highest BCUT2D eigenvalue weighted by Gasteiger charge is 2.30. The van der Waals surface area contributed by atoms with E-state index in [1.807, 2.05) is 25.1 Å². The van der Waals surface area contributed by atoms with E-state index >= 15 is 0 Å². The summed E-state index contributed by atoms with van der Waals surface area (Å²) in [7, 11) is 5.37. The second kappa shape index (κ2) is 10.5. The molecule has 9 nitrogen and oxygen atoms in total. The third kappa shape index (κ3) is 4.87. The number of hydrogen-bond acceptors (Lipinski definition) is 6. The first-order chi connectivity index (χ1) is 18.3. The van der Waals surface area contributed by atoms with Gasteiger partial charge < -0.3 is 29.6 Å². The van der Waals surface area contributed by atoms with Crippen molar-refractivity contribution in [3.63, 3.8) is 0 Å². The highest BCUT2D eigenvalue weighted by molar-refractivity contribution is 6.16. The molecule has 0 aliphatic carbocycles. The number of rotatable bonds is 6. The minimum Gasteiger partial charge on any atom is -0.497 e. The maximum Gasteiger partial charge on any atom is 0.318 e. The molecule has 0 unspecified atom stereocenters. The quantitative estimate of drug-likeness (QED) is 0.483. The van der Waals surface area contributed by atoms with Gasteiger partial charge in [0.15, 0.2) is 5.76 Å². The Balaban J connectivity index is 1.49. The van der Waals surface area contributed by atoms with E-state index in [-0.39, 0.29) is 17.6 Å². The number of benzene rings is 2. The molecule has 1 saturated heterocycles. The van der Waals surface area contributed by atoms with Crippen LogP contribution in [0.4, 0.5) is 10.5 Å². The lowest BCUT2D eigenvalue weighted by Gasteiger charge is -2.32. The standard InChI is InChI=1S/C29H35N5O4/c1-18-14-26-23(16-24(18)31-29(36)30-3)28(35)27(38-26)17-21-19(2)34(13-12-33-10-8-32(4)9-11-33)25-7-6-20(37-5)15-22(21)25/h6-7,14-17H,8-13H2,1-5H3,(H2,30,31,36)/b27-17-. The molecule has 2 amide bonds. The zero-order valence-corrected chi connectivity index (χ0v) is 22.7. The van der Waals surface area contributed by atoms with Crippen LogP contribution in [0.5, 0.6) is 11.5 Å². The lowest BCUT2D eigenvalue weighted by Crippen LogP contribution is -2.45. The minimum atomic E-state index is -0.343. The normalized spacial score (nSPS) is 17.1. The molecule has 3 aromatic rings. The number of likely N-dealkylation sites (N-methyl/N-ethyl adjacent to an activating group) is 1. The fourth-order valence-corrected chi connectivity index (χ4v) is 5.18. The number of aromatic nitrogens is 1. The van der Waals surface area contributed by atoms with Crippen molar-refractivity contribution in [2.24, 2.45) is 0 Å². The number of carbonyl (C=O) groups excluding carboxylic acids is 2. The Morgan fingerprint density at radius 1 is 1.11 bits per heavy atom. The lowest BCUT2D eigenvalue weighted by atomic mass is 10.0. The summed E-state index contributed by atoms with van der Waals surface area (Å²) < 4.78 is 13.9. The summed E-state index contributed by atoms with van der Waals surface area (Å²) in [5, 5.41) is 6.31. The predicted octanol–water partition coefficient (Wildman–Crippen LogP) is 3.88. The van der Waals surface area contributed by atoms with Crippen molar-refractivity contribution < 1.29 is 19.1 Å². The summed E-state index contributed by atoms with van der Waals surface area (Å²) in [4.78, 5) is 30.1. The maximum absolute atomic E-state index is 13.4. The van der Waals surface area contributed by atoms with Crippen molar-refractivity contribution in [3.8, 4) is 11.5 Å². The molecule has 0 bridgehead atoms. The lowest BCUT2D eigenvalue weighted by molar-refractivity contribution is 0.101. The monoisotopic (exact) mass is 517 g/mol. The van der Waals surface area contributed by atoms with Gasteiger partial charge in [0.1, 0.15) is 11.5 Å². The number of aryl methyl sites for hydroxylation is 1. The van der Waals surface area contributed by atoms with Crippen LogP contribution in [0.1, 0.15) is 27.2 Å². The summed E-state index contributed by atoms with van der Waals surface area (Å²) in [5.74, 6) is 1.31. The average molecular weight is 518 g/mol. The molecule has 2 aromatic carbocycles. The van der Waals surface area contributed by atoms with Crippen LogP contribution in [0.15, 0.2) is 36.1 Å². The Labute approximate surface area is 223 Å². The molecular weight excluding hydrogens is 482 g/mol. The third-order valence-electron chi connectivity index (χ3n) is 7.58. The van der Waals surface area contributed by atoms with E-state index < -0.39 is 0 Å². The number of methoxy groups -OCH3 is 1. The topological polar surface area (TPSA) is 88.1 Å². The van der Waals surface area contributed by atoms with Gasteiger partial charge in [0, 0.05) is 74.2 Å². The molecule has 9 heteroatoms. The van der Waals surface area contributed by atoms with Gasteiger partial charge in [0.2, 0.25) is 5.78 Å². The van der Waals surface area contributed by atoms with Gasteiger partial charge in [0.05, 0.1) is 12.7 Å². The van der Waals surface area contributed by atoms with Gasteiger partial charge in [-0.25, -0.2) is 4.79 Å². The minimum absolute atomic E-state index is 0.208. The van der Waals surface area contributed by atoms with Gasteiger partial charge in [-0.2, -0.15) is 0 Å². The number of nitrogens with zero attached hydrogens (tertiary/aromatic N) is 3. The van der Waals surface area contributed by atoms with Gasteiger partial charge in [0.25, 0.3) is 0 Å². The number of ketones is 1. The van der Waals surface area contributed by atoms with E-state index in [9.17, 15) is 9.59 Å². The van der Waals surface area contributed by atoms with Crippen LogP contribution in [0.2, 0.25) is 0 Å². The Morgan fingerprint density at radius 3 is 2.58 bits per heavy atom. The molecule has 0 saturated carbocycles. The summed E-state index contributed by atoms with van der Waals surface area (Å²) >= 11 is 0. The first-order valence-electron chi connectivity index (χ1n) is 12.9. The maximum atomic E-state index is 13.4. The van der Waals surface area contributed by atoms with Gasteiger partial charge >= 0.3 is 6.03 Å². The SMILES string of the molecule is CNC(=O)Nc1cc2c(cc1C)O/C(=C\c1c(C)n(CCN3CCN(C)CC3)c3ccc(OC)cc13)C2=O. The highest BCUT2D eigenvalue weighted by atomic mass is 16.5. The van der Waals surface area contributed by atoms with Crippen LogP contribution < -0.4 is 20.1 Å². The molecule has 38 heavy (non-hydrogen) atoms. The fraction of sp³-hybridized carbons (Fsp3) is 0.379. The van der Waals surface area contributed by atoms with Crippen LogP contribution in [0.3, 0.4) is 0 Å². The van der Waals surface area contributed by atoms with Crippen molar-refractivity contribution >= 4 is 34.5 Å². The zero-order chi connectivity index (χ0) is 27.0. The van der Waals surface area contributed by atoms with Crippen LogP contribution in [0.25, 0.3) is 17.0 Å². The zero-order valence-electron chi connectivity index (χ0n) is 22.7. The molecule has 0 atom stereocenters. The number of Topliss-reactive ketones (excluding diaryl/α,β-unsaturated/α-hetero) is 1. The Kier molecular flexibility index (Phi) is 7.14. The summed E-state index contributed by atoms with van der Waals surface area (Å²) in [6, 6.07) is 9.20. The van der Waals surface area contributed by atoms with E-state index in [4.69, 9.17) is 9.47 Å². The smallest absolute Gasteiger partial charge is 0.318 e. The van der Waals surface area contributed by atoms with E-state index in [0.717, 1.165) is 72.7 Å². The number of hydrogen-bond donors (Lipinski definition) is 2. The van der Waals surface area contributed by atoms with Crippen LogP contribution in [0, 0.1) is 13.8 Å². The number of fused-ring (bicyclic) bond motifs is 2. The van der Waals surface area contributed by atoms with Gasteiger partial charge in [-0.05, 0) is 62.9 Å². The molecule has 0 radical (unpaired) electrons. The Morgan fingerprint density at radius 2 is 1.87 bits per heavy atom. The first kappa shape index (κ1) is 25.8. The predicted molar refractivity (Wildman–Crippen MR) is 149 cm³/mol. The largest absolute Gasteiger partial charge is 0.497 e. The number of carbonyl (C=O) groups is 2.